The van der Waals surface area contributed by atoms with Crippen LogP contribution in [0.5, 0.6) is 5.75 Å². The monoisotopic (exact) mass is 473 g/mol. The first kappa shape index (κ1) is 22.9. The number of hydrazine groups is 1. The maximum atomic E-state index is 12.4. The number of nitrogens with zero attached hydrogens (tertiary/aromatic N) is 2. The van der Waals surface area contributed by atoms with Gasteiger partial charge in [0, 0.05) is 24.4 Å². The molecule has 0 atom stereocenters. The van der Waals surface area contributed by atoms with E-state index in [-0.39, 0.29) is 17.4 Å². The largest absolute Gasteiger partial charge is 0.493 e. The van der Waals surface area contributed by atoms with Gasteiger partial charge in [-0.05, 0) is 54.2 Å². The molecule has 2 aromatic heterocycles. The van der Waals surface area contributed by atoms with Crippen molar-refractivity contribution in [1.29, 1.82) is 0 Å². The van der Waals surface area contributed by atoms with E-state index in [2.05, 4.69) is 33.3 Å². The Hall–Kier alpha value is -4.24. The number of nitrogens with one attached hydrogen (secondary N) is 3. The van der Waals surface area contributed by atoms with E-state index in [0.717, 1.165) is 12.1 Å². The fourth-order valence-electron chi connectivity index (χ4n) is 3.25. The fraction of sp³-hybridized carbons (Fsp3) is 0.120. The standard InChI is InChI=1S/C25H23N5O3S/c31-23(16-20-17-30-14-5-4-8-22(30)26-20)28-29-25(34)27-24(32)19-9-11-21(12-10-19)33-15-13-18-6-2-1-3-7-18/h1-12,14,17H,13,15-16H2,(H,28,31)(H2,27,29,32,34). The molecule has 2 heterocycles. The summed E-state index contributed by atoms with van der Waals surface area (Å²) in [6.45, 7) is 0.540. The molecule has 0 aliphatic rings. The molecule has 0 fully saturated rings. The molecule has 4 aromatic rings. The Morgan fingerprint density at radius 3 is 2.47 bits per heavy atom. The average molecular weight is 474 g/mol. The quantitative estimate of drug-likeness (QED) is 0.282. The van der Waals surface area contributed by atoms with Crippen molar-refractivity contribution in [2.45, 2.75) is 12.8 Å². The Bertz CT molecular complexity index is 1260. The van der Waals surface area contributed by atoms with Crippen LogP contribution in [-0.4, -0.2) is 32.9 Å². The number of pyridine rings is 1. The summed E-state index contributed by atoms with van der Waals surface area (Å²) in [6.07, 6.45) is 4.50. The zero-order valence-electron chi connectivity index (χ0n) is 18.2. The number of hydrogen-bond acceptors (Lipinski definition) is 5. The Morgan fingerprint density at radius 2 is 1.71 bits per heavy atom. The van der Waals surface area contributed by atoms with Crippen LogP contribution in [0.25, 0.3) is 5.65 Å². The summed E-state index contributed by atoms with van der Waals surface area (Å²) in [5.74, 6) is -0.0627. The molecule has 172 valence electrons. The second-order valence-electron chi connectivity index (χ2n) is 7.44. The van der Waals surface area contributed by atoms with Gasteiger partial charge in [0.25, 0.3) is 5.91 Å². The summed E-state index contributed by atoms with van der Waals surface area (Å²) in [5, 5.41) is 2.51. The first-order valence-electron chi connectivity index (χ1n) is 10.7. The second kappa shape index (κ2) is 11.1. The predicted molar refractivity (Wildman–Crippen MR) is 132 cm³/mol. The third-order valence-electron chi connectivity index (χ3n) is 4.92. The number of ether oxygens (including phenoxy) is 1. The molecule has 9 heteroatoms. The number of aromatic nitrogens is 2. The molecule has 0 saturated carbocycles. The zero-order valence-corrected chi connectivity index (χ0v) is 19.0. The van der Waals surface area contributed by atoms with Gasteiger partial charge in [0.1, 0.15) is 11.4 Å². The van der Waals surface area contributed by atoms with Gasteiger partial charge >= 0.3 is 0 Å². The molecule has 8 nitrogen and oxygen atoms in total. The van der Waals surface area contributed by atoms with Gasteiger partial charge in [0.15, 0.2) is 5.11 Å². The topological polar surface area (TPSA) is 96.8 Å². The van der Waals surface area contributed by atoms with Crippen molar-refractivity contribution in [1.82, 2.24) is 25.6 Å². The van der Waals surface area contributed by atoms with E-state index in [0.29, 0.717) is 23.6 Å². The second-order valence-corrected chi connectivity index (χ2v) is 7.85. The minimum absolute atomic E-state index is 0.0171. The Labute approximate surface area is 201 Å². The summed E-state index contributed by atoms with van der Waals surface area (Å²) in [6, 6.07) is 22.4. The van der Waals surface area contributed by atoms with Crippen molar-refractivity contribution in [2.24, 2.45) is 0 Å². The maximum absolute atomic E-state index is 12.4. The van der Waals surface area contributed by atoms with Crippen molar-refractivity contribution in [3.8, 4) is 5.75 Å². The molecule has 3 N–H and O–H groups in total. The molecule has 2 aromatic carbocycles. The van der Waals surface area contributed by atoms with Gasteiger partial charge < -0.3 is 9.14 Å². The fourth-order valence-corrected chi connectivity index (χ4v) is 3.39. The van der Waals surface area contributed by atoms with Gasteiger partial charge in [0.2, 0.25) is 5.91 Å². The zero-order chi connectivity index (χ0) is 23.8. The Balaban J connectivity index is 1.19. The Morgan fingerprint density at radius 1 is 0.941 bits per heavy atom. The highest BCUT2D eigenvalue weighted by Crippen LogP contribution is 2.13. The molecule has 0 radical (unpaired) electrons. The highest BCUT2D eigenvalue weighted by Gasteiger charge is 2.11. The van der Waals surface area contributed by atoms with Crippen LogP contribution in [0.2, 0.25) is 0 Å². The number of thiocarbonyl (C=S) groups is 1. The van der Waals surface area contributed by atoms with E-state index in [1.165, 1.54) is 5.56 Å². The van der Waals surface area contributed by atoms with Crippen molar-refractivity contribution >= 4 is 34.8 Å². The lowest BCUT2D eigenvalue weighted by atomic mass is 10.2. The van der Waals surface area contributed by atoms with Crippen LogP contribution in [0.1, 0.15) is 21.6 Å². The summed E-state index contributed by atoms with van der Waals surface area (Å²) >= 11 is 5.09. The van der Waals surface area contributed by atoms with Gasteiger partial charge in [-0.3, -0.25) is 25.8 Å². The van der Waals surface area contributed by atoms with E-state index in [4.69, 9.17) is 17.0 Å². The lowest BCUT2D eigenvalue weighted by Crippen LogP contribution is -2.48. The van der Waals surface area contributed by atoms with Crippen LogP contribution < -0.4 is 20.9 Å². The molecule has 2 amide bonds. The van der Waals surface area contributed by atoms with E-state index in [9.17, 15) is 9.59 Å². The molecule has 0 bridgehead atoms. The van der Waals surface area contributed by atoms with Crippen molar-refractivity contribution in [3.63, 3.8) is 0 Å². The third-order valence-corrected chi connectivity index (χ3v) is 5.12. The number of benzene rings is 2. The van der Waals surface area contributed by atoms with Gasteiger partial charge in [-0.1, -0.05) is 36.4 Å². The van der Waals surface area contributed by atoms with E-state index in [1.54, 1.807) is 30.5 Å². The third kappa shape index (κ3) is 6.39. The van der Waals surface area contributed by atoms with Gasteiger partial charge in [-0.2, -0.15) is 0 Å². The molecule has 0 unspecified atom stereocenters. The normalized spacial score (nSPS) is 10.5. The first-order chi connectivity index (χ1) is 16.6. The van der Waals surface area contributed by atoms with E-state index >= 15 is 0 Å². The molecule has 0 aliphatic heterocycles. The summed E-state index contributed by atoms with van der Waals surface area (Å²) in [7, 11) is 0. The van der Waals surface area contributed by atoms with Crippen LogP contribution in [0.15, 0.2) is 85.2 Å². The number of carbonyl (C=O) groups excluding carboxylic acids is 2. The minimum Gasteiger partial charge on any atom is -0.493 e. The summed E-state index contributed by atoms with van der Waals surface area (Å²) < 4.78 is 7.57. The van der Waals surface area contributed by atoms with Crippen LogP contribution in [-0.2, 0) is 17.6 Å². The smallest absolute Gasteiger partial charge is 0.257 e. The SMILES string of the molecule is O=C(Cc1cn2ccccc2n1)NNC(=S)NC(=O)c1ccc(OCCc2ccccc2)cc1. The predicted octanol–water partition coefficient (Wildman–Crippen LogP) is 2.83. The molecule has 4 rings (SSSR count). The molecule has 0 saturated heterocycles. The molecule has 34 heavy (non-hydrogen) atoms. The molecular formula is C25H23N5O3S. The number of carbonyl (C=O) groups is 2. The number of imidazole rings is 1. The average Bonchev–Trinajstić information content (AvgIpc) is 3.26. The lowest BCUT2D eigenvalue weighted by molar-refractivity contribution is -0.121. The van der Waals surface area contributed by atoms with Crippen molar-refractivity contribution in [3.05, 3.63) is 102 Å². The number of amides is 2. The molecule has 0 aliphatic carbocycles. The van der Waals surface area contributed by atoms with Crippen molar-refractivity contribution < 1.29 is 14.3 Å². The number of rotatable bonds is 7. The lowest BCUT2D eigenvalue weighted by Gasteiger charge is -2.11. The van der Waals surface area contributed by atoms with Crippen LogP contribution in [0, 0.1) is 0 Å². The van der Waals surface area contributed by atoms with Crippen LogP contribution in [0.3, 0.4) is 0 Å². The van der Waals surface area contributed by atoms with E-state index < -0.39 is 5.91 Å². The van der Waals surface area contributed by atoms with Crippen LogP contribution in [0.4, 0.5) is 0 Å². The maximum Gasteiger partial charge on any atom is 0.257 e. The van der Waals surface area contributed by atoms with E-state index in [1.807, 2.05) is 47.0 Å². The minimum atomic E-state index is -0.400. The number of hydrogen-bond donors (Lipinski definition) is 3. The highest BCUT2D eigenvalue weighted by atomic mass is 32.1. The number of fused-ring (bicyclic) bond motifs is 1. The summed E-state index contributed by atoms with van der Waals surface area (Å²) in [5.41, 5.74) is 7.98. The first-order valence-corrected chi connectivity index (χ1v) is 11.1. The van der Waals surface area contributed by atoms with Crippen molar-refractivity contribution in [2.75, 3.05) is 6.61 Å². The highest BCUT2D eigenvalue weighted by molar-refractivity contribution is 7.80. The van der Waals surface area contributed by atoms with Gasteiger partial charge in [-0.15, -0.1) is 0 Å². The molecular weight excluding hydrogens is 450 g/mol. The van der Waals surface area contributed by atoms with Crippen LogP contribution >= 0.6 is 12.2 Å². The summed E-state index contributed by atoms with van der Waals surface area (Å²) in [4.78, 5) is 28.9. The van der Waals surface area contributed by atoms with Gasteiger partial charge in [-0.25, -0.2) is 4.98 Å². The van der Waals surface area contributed by atoms with Gasteiger partial charge in [0.05, 0.1) is 18.7 Å². The molecule has 0 spiro atoms. The Kier molecular flexibility index (Phi) is 7.46.